The van der Waals surface area contributed by atoms with Crippen LogP contribution in [-0.2, 0) is 9.84 Å². The Labute approximate surface area is 93.8 Å². The molecular weight excluding hydrogens is 228 g/mol. The van der Waals surface area contributed by atoms with E-state index >= 15 is 0 Å². The largest absolute Gasteiger partial charge is 0.478 e. The zero-order valence-electron chi connectivity index (χ0n) is 8.59. The number of hydrogen-bond donors (Lipinski definition) is 1. The molecule has 1 aromatic carbocycles. The van der Waals surface area contributed by atoms with Crippen LogP contribution in [0.5, 0.6) is 0 Å². The summed E-state index contributed by atoms with van der Waals surface area (Å²) in [6.07, 6.45) is 1.85. The summed E-state index contributed by atoms with van der Waals surface area (Å²) in [4.78, 5) is 10.8. The Bertz CT molecular complexity index is 515. The summed E-state index contributed by atoms with van der Waals surface area (Å²) in [5.74, 6) is -0.918. The molecule has 1 aromatic rings. The van der Waals surface area contributed by atoms with Gasteiger partial charge >= 0.3 is 5.97 Å². The van der Waals surface area contributed by atoms with Crippen molar-refractivity contribution >= 4 is 15.8 Å². The molecule has 2 rings (SSSR count). The number of benzene rings is 1. The van der Waals surface area contributed by atoms with Gasteiger partial charge in [-0.1, -0.05) is 12.1 Å². The van der Waals surface area contributed by atoms with Crippen molar-refractivity contribution in [3.8, 4) is 0 Å². The average Bonchev–Trinajstić information content (AvgIpc) is 3.01. The van der Waals surface area contributed by atoms with Gasteiger partial charge in [0.05, 0.1) is 16.2 Å². The molecule has 0 aliphatic heterocycles. The zero-order valence-corrected chi connectivity index (χ0v) is 9.40. The molecule has 0 amide bonds. The topological polar surface area (TPSA) is 71.4 Å². The maximum absolute atomic E-state index is 11.9. The SMILES string of the molecule is O=C(O)c1ccccc1S(=O)(=O)CC1CC1. The number of carbonyl (C=O) groups is 1. The lowest BCUT2D eigenvalue weighted by molar-refractivity contribution is 0.0692. The highest BCUT2D eigenvalue weighted by Gasteiger charge is 2.31. The van der Waals surface area contributed by atoms with Gasteiger partial charge < -0.3 is 5.11 Å². The van der Waals surface area contributed by atoms with Crippen LogP contribution in [0.15, 0.2) is 29.2 Å². The van der Waals surface area contributed by atoms with Gasteiger partial charge in [0.2, 0.25) is 0 Å². The summed E-state index contributed by atoms with van der Waals surface area (Å²) in [5.41, 5.74) is -0.136. The van der Waals surface area contributed by atoms with Crippen molar-refractivity contribution < 1.29 is 18.3 Å². The smallest absolute Gasteiger partial charge is 0.337 e. The van der Waals surface area contributed by atoms with Crippen LogP contribution in [-0.4, -0.2) is 25.2 Å². The van der Waals surface area contributed by atoms with Crippen LogP contribution >= 0.6 is 0 Å². The normalized spacial score (nSPS) is 16.0. The average molecular weight is 240 g/mol. The summed E-state index contributed by atoms with van der Waals surface area (Å²) in [6.45, 7) is 0. The van der Waals surface area contributed by atoms with Crippen LogP contribution in [0.4, 0.5) is 0 Å². The number of carboxylic acids is 1. The molecule has 16 heavy (non-hydrogen) atoms. The first-order chi connectivity index (χ1) is 7.50. The van der Waals surface area contributed by atoms with Crippen molar-refractivity contribution in [1.82, 2.24) is 0 Å². The Hall–Kier alpha value is -1.36. The van der Waals surface area contributed by atoms with Crippen molar-refractivity contribution in [3.05, 3.63) is 29.8 Å². The molecule has 0 atom stereocenters. The lowest BCUT2D eigenvalue weighted by Gasteiger charge is -2.06. The van der Waals surface area contributed by atoms with Gasteiger partial charge in [0.25, 0.3) is 0 Å². The van der Waals surface area contributed by atoms with Crippen molar-refractivity contribution in [2.24, 2.45) is 5.92 Å². The Balaban J connectivity index is 2.41. The van der Waals surface area contributed by atoms with E-state index in [1.54, 1.807) is 6.07 Å². The van der Waals surface area contributed by atoms with E-state index in [1.165, 1.54) is 18.2 Å². The summed E-state index contributed by atoms with van der Waals surface area (Å²) in [7, 11) is -3.45. The molecule has 1 aliphatic rings. The van der Waals surface area contributed by atoms with Crippen molar-refractivity contribution in [3.63, 3.8) is 0 Å². The number of aromatic carboxylic acids is 1. The second-order valence-electron chi connectivity index (χ2n) is 4.03. The number of rotatable bonds is 4. The van der Waals surface area contributed by atoms with E-state index < -0.39 is 15.8 Å². The molecule has 4 nitrogen and oxygen atoms in total. The number of carboxylic acid groups (broad SMARTS) is 1. The fourth-order valence-corrected chi connectivity index (χ4v) is 3.51. The molecule has 0 heterocycles. The molecule has 0 spiro atoms. The van der Waals surface area contributed by atoms with Crippen LogP contribution in [0.2, 0.25) is 0 Å². The second kappa shape index (κ2) is 3.90. The van der Waals surface area contributed by atoms with Gasteiger partial charge in [-0.3, -0.25) is 0 Å². The first kappa shape index (κ1) is 11.1. The predicted octanol–water partition coefficient (Wildman–Crippen LogP) is 1.57. The van der Waals surface area contributed by atoms with Gasteiger partial charge in [-0.05, 0) is 30.9 Å². The lowest BCUT2D eigenvalue weighted by atomic mass is 10.2. The summed E-state index contributed by atoms with van der Waals surface area (Å²) >= 11 is 0. The first-order valence-electron chi connectivity index (χ1n) is 5.06. The quantitative estimate of drug-likeness (QED) is 0.867. The van der Waals surface area contributed by atoms with Gasteiger partial charge in [0.15, 0.2) is 9.84 Å². The maximum atomic E-state index is 11.9. The minimum Gasteiger partial charge on any atom is -0.478 e. The first-order valence-corrected chi connectivity index (χ1v) is 6.71. The summed E-state index contributed by atoms with van der Waals surface area (Å²) in [6, 6.07) is 5.76. The van der Waals surface area contributed by atoms with Gasteiger partial charge in [0.1, 0.15) is 0 Å². The van der Waals surface area contributed by atoms with Crippen LogP contribution in [0.1, 0.15) is 23.2 Å². The van der Waals surface area contributed by atoms with E-state index in [1.807, 2.05) is 0 Å². The van der Waals surface area contributed by atoms with Crippen LogP contribution in [0.25, 0.3) is 0 Å². The molecule has 0 aromatic heterocycles. The highest BCUT2D eigenvalue weighted by Crippen LogP contribution is 2.32. The van der Waals surface area contributed by atoms with Gasteiger partial charge in [-0.15, -0.1) is 0 Å². The third-order valence-corrected chi connectivity index (χ3v) is 4.54. The molecule has 1 fully saturated rings. The minimum absolute atomic E-state index is 0.0607. The Morgan fingerprint density at radius 2 is 1.94 bits per heavy atom. The summed E-state index contributed by atoms with van der Waals surface area (Å²) in [5, 5.41) is 8.91. The molecule has 0 radical (unpaired) electrons. The summed E-state index contributed by atoms with van der Waals surface area (Å²) < 4.78 is 23.9. The molecule has 1 saturated carbocycles. The third-order valence-electron chi connectivity index (χ3n) is 2.60. The Morgan fingerprint density at radius 3 is 2.50 bits per heavy atom. The Kier molecular flexibility index (Phi) is 2.71. The van der Waals surface area contributed by atoms with E-state index in [2.05, 4.69) is 0 Å². The molecule has 86 valence electrons. The number of sulfone groups is 1. The van der Waals surface area contributed by atoms with Crippen molar-refractivity contribution in [2.45, 2.75) is 17.7 Å². The molecule has 0 saturated heterocycles. The minimum atomic E-state index is -3.45. The molecule has 5 heteroatoms. The highest BCUT2D eigenvalue weighted by atomic mass is 32.2. The predicted molar refractivity (Wildman–Crippen MR) is 58.2 cm³/mol. The van der Waals surface area contributed by atoms with Crippen molar-refractivity contribution in [2.75, 3.05) is 5.75 Å². The molecule has 0 bridgehead atoms. The maximum Gasteiger partial charge on any atom is 0.337 e. The van der Waals surface area contributed by atoms with E-state index in [0.717, 1.165) is 12.8 Å². The highest BCUT2D eigenvalue weighted by molar-refractivity contribution is 7.91. The van der Waals surface area contributed by atoms with E-state index in [4.69, 9.17) is 5.11 Å². The lowest BCUT2D eigenvalue weighted by Crippen LogP contribution is -2.13. The van der Waals surface area contributed by atoms with Gasteiger partial charge in [-0.2, -0.15) is 0 Å². The van der Waals surface area contributed by atoms with Crippen LogP contribution in [0.3, 0.4) is 0 Å². The molecule has 1 aliphatic carbocycles. The van der Waals surface area contributed by atoms with Gasteiger partial charge in [-0.25, -0.2) is 13.2 Å². The number of hydrogen-bond acceptors (Lipinski definition) is 3. The van der Waals surface area contributed by atoms with E-state index in [9.17, 15) is 13.2 Å². The molecule has 0 unspecified atom stereocenters. The fourth-order valence-electron chi connectivity index (χ4n) is 1.60. The zero-order chi connectivity index (χ0) is 11.8. The van der Waals surface area contributed by atoms with E-state index in [0.29, 0.717) is 0 Å². The second-order valence-corrected chi connectivity index (χ2v) is 6.03. The molecular formula is C11H12O4S. The van der Waals surface area contributed by atoms with E-state index in [-0.39, 0.29) is 22.1 Å². The monoisotopic (exact) mass is 240 g/mol. The Morgan fingerprint density at radius 1 is 1.31 bits per heavy atom. The van der Waals surface area contributed by atoms with Gasteiger partial charge in [0, 0.05) is 0 Å². The van der Waals surface area contributed by atoms with Crippen molar-refractivity contribution in [1.29, 1.82) is 0 Å². The van der Waals surface area contributed by atoms with Crippen LogP contribution < -0.4 is 0 Å². The molecule has 1 N–H and O–H groups in total. The van der Waals surface area contributed by atoms with Crippen LogP contribution in [0, 0.1) is 5.92 Å². The fraction of sp³-hybridized carbons (Fsp3) is 0.364. The third kappa shape index (κ3) is 2.24. The standard InChI is InChI=1S/C11H12O4S/c12-11(13)9-3-1-2-4-10(9)16(14,15)7-8-5-6-8/h1-4,8H,5-7H2,(H,12,13).